The minimum atomic E-state index is -0.612. The van der Waals surface area contributed by atoms with Crippen molar-refractivity contribution in [1.29, 1.82) is 0 Å². The van der Waals surface area contributed by atoms with Crippen LogP contribution in [0.2, 0.25) is 0 Å². The summed E-state index contributed by atoms with van der Waals surface area (Å²) in [6.07, 6.45) is 20.3. The number of rotatable bonds is 17. The Morgan fingerprint density at radius 2 is 1.26 bits per heavy atom. The molecule has 0 spiro atoms. The van der Waals surface area contributed by atoms with E-state index in [2.05, 4.69) is 13.8 Å². The molecule has 27 heavy (non-hydrogen) atoms. The lowest BCUT2D eigenvalue weighted by atomic mass is 9.95. The van der Waals surface area contributed by atoms with Crippen molar-refractivity contribution in [2.45, 2.75) is 117 Å². The van der Waals surface area contributed by atoms with Gasteiger partial charge in [-0.05, 0) is 18.8 Å². The molecule has 1 saturated carbocycles. The Hall–Kier alpha value is -0.900. The predicted molar refractivity (Wildman–Crippen MR) is 111 cm³/mol. The molecule has 2 unspecified atom stereocenters. The second-order valence-electron chi connectivity index (χ2n) is 8.57. The highest BCUT2D eigenvalue weighted by atomic mass is 16.6. The highest BCUT2D eigenvalue weighted by molar-refractivity contribution is 5.91. The molecule has 0 aromatic rings. The molecule has 4 heteroatoms. The molecule has 0 aliphatic heterocycles. The minimum absolute atomic E-state index is 0.227. The third kappa shape index (κ3) is 9.73. The van der Waals surface area contributed by atoms with E-state index in [-0.39, 0.29) is 12.5 Å². The molecule has 0 heterocycles. The molecule has 0 radical (unpaired) electrons. The SMILES string of the molecule is CCCCCCCCCCCCCCCCC1(C(=O)OC(=O)CN)CC1C. The zero-order valence-corrected chi connectivity index (χ0v) is 17.9. The second-order valence-corrected chi connectivity index (χ2v) is 8.57. The topological polar surface area (TPSA) is 69.4 Å². The number of carbonyl (C=O) groups is 2. The van der Waals surface area contributed by atoms with Gasteiger partial charge in [0.25, 0.3) is 0 Å². The molecule has 2 atom stereocenters. The predicted octanol–water partition coefficient (Wildman–Crippen LogP) is 5.91. The quantitative estimate of drug-likeness (QED) is 0.193. The number of esters is 2. The average molecular weight is 382 g/mol. The maximum absolute atomic E-state index is 12.2. The molecule has 0 aromatic carbocycles. The molecule has 2 N–H and O–H groups in total. The van der Waals surface area contributed by atoms with Crippen molar-refractivity contribution < 1.29 is 14.3 Å². The van der Waals surface area contributed by atoms with Gasteiger partial charge in [-0.25, -0.2) is 0 Å². The van der Waals surface area contributed by atoms with Crippen LogP contribution in [0.5, 0.6) is 0 Å². The normalized spacial score (nSPS) is 21.2. The van der Waals surface area contributed by atoms with E-state index in [0.29, 0.717) is 5.92 Å². The lowest BCUT2D eigenvalue weighted by Crippen LogP contribution is -2.27. The summed E-state index contributed by atoms with van der Waals surface area (Å²) in [6, 6.07) is 0. The Kier molecular flexibility index (Phi) is 12.6. The summed E-state index contributed by atoms with van der Waals surface area (Å²) in [6.45, 7) is 4.11. The largest absolute Gasteiger partial charge is 0.392 e. The number of hydrogen-bond donors (Lipinski definition) is 1. The molecule has 1 aliphatic carbocycles. The second kappa shape index (κ2) is 14.1. The third-order valence-electron chi connectivity index (χ3n) is 6.21. The summed E-state index contributed by atoms with van der Waals surface area (Å²) in [5.41, 5.74) is 4.82. The number of unbranched alkanes of at least 4 members (excludes halogenated alkanes) is 13. The van der Waals surface area contributed by atoms with Crippen molar-refractivity contribution in [2.24, 2.45) is 17.1 Å². The number of nitrogens with two attached hydrogens (primary N) is 1. The van der Waals surface area contributed by atoms with Gasteiger partial charge in [0, 0.05) is 0 Å². The fraction of sp³-hybridized carbons (Fsp3) is 0.913. The van der Waals surface area contributed by atoms with Gasteiger partial charge in [0.2, 0.25) is 0 Å². The Balaban J connectivity index is 1.94. The molecule has 0 aromatic heterocycles. The van der Waals surface area contributed by atoms with Gasteiger partial charge in [-0.3, -0.25) is 9.59 Å². The smallest absolute Gasteiger partial charge is 0.327 e. The lowest BCUT2D eigenvalue weighted by molar-refractivity contribution is -0.163. The Bertz CT molecular complexity index is 424. The minimum Gasteiger partial charge on any atom is -0.392 e. The first-order valence-corrected chi connectivity index (χ1v) is 11.5. The molecule has 1 fully saturated rings. The fourth-order valence-electron chi connectivity index (χ4n) is 4.10. The van der Waals surface area contributed by atoms with Gasteiger partial charge >= 0.3 is 11.9 Å². The number of carbonyl (C=O) groups excluding carboxylic acids is 2. The summed E-state index contributed by atoms with van der Waals surface area (Å²) >= 11 is 0. The number of ether oxygens (including phenoxy) is 1. The van der Waals surface area contributed by atoms with Gasteiger partial charge in [-0.1, -0.05) is 104 Å². The van der Waals surface area contributed by atoms with Crippen molar-refractivity contribution in [2.75, 3.05) is 6.54 Å². The van der Waals surface area contributed by atoms with Crippen LogP contribution >= 0.6 is 0 Å². The van der Waals surface area contributed by atoms with Crippen molar-refractivity contribution in [3.63, 3.8) is 0 Å². The maximum Gasteiger partial charge on any atom is 0.327 e. The van der Waals surface area contributed by atoms with E-state index in [4.69, 9.17) is 10.5 Å². The Morgan fingerprint density at radius 1 is 0.852 bits per heavy atom. The Morgan fingerprint density at radius 3 is 1.63 bits per heavy atom. The highest BCUT2D eigenvalue weighted by Gasteiger charge is 2.58. The van der Waals surface area contributed by atoms with Crippen LogP contribution in [-0.4, -0.2) is 18.5 Å². The monoisotopic (exact) mass is 381 g/mol. The van der Waals surface area contributed by atoms with E-state index in [1.54, 1.807) is 0 Å². The zero-order valence-electron chi connectivity index (χ0n) is 17.9. The van der Waals surface area contributed by atoms with Gasteiger partial charge in [-0.2, -0.15) is 0 Å². The summed E-state index contributed by atoms with van der Waals surface area (Å²) < 4.78 is 4.86. The van der Waals surface area contributed by atoms with Gasteiger partial charge in [-0.15, -0.1) is 0 Å². The van der Waals surface area contributed by atoms with Crippen molar-refractivity contribution in [3.8, 4) is 0 Å². The van der Waals surface area contributed by atoms with Crippen LogP contribution in [0.15, 0.2) is 0 Å². The van der Waals surface area contributed by atoms with Crippen LogP contribution < -0.4 is 5.73 Å². The number of hydrogen-bond acceptors (Lipinski definition) is 4. The van der Waals surface area contributed by atoms with Gasteiger partial charge < -0.3 is 10.5 Å². The van der Waals surface area contributed by atoms with Gasteiger partial charge in [0.1, 0.15) is 0 Å². The third-order valence-corrected chi connectivity index (χ3v) is 6.21. The first-order chi connectivity index (χ1) is 13.1. The summed E-state index contributed by atoms with van der Waals surface area (Å²) in [5, 5.41) is 0. The molecular formula is C23H43NO3. The molecule has 0 amide bonds. The van der Waals surface area contributed by atoms with E-state index >= 15 is 0 Å². The van der Waals surface area contributed by atoms with Gasteiger partial charge in [0.15, 0.2) is 0 Å². The average Bonchev–Trinajstić information content (AvgIpc) is 3.32. The zero-order chi connectivity index (χ0) is 20.0. The standard InChI is InChI=1S/C23H43NO3/c1-3-4-5-6-7-8-9-10-11-12-13-14-15-16-17-23(18-20(23)2)22(26)27-21(25)19-24/h20H,3-19,24H2,1-2H3. The van der Waals surface area contributed by atoms with Crippen LogP contribution in [0.25, 0.3) is 0 Å². The van der Waals surface area contributed by atoms with Gasteiger partial charge in [0.05, 0.1) is 12.0 Å². The van der Waals surface area contributed by atoms with E-state index in [9.17, 15) is 9.59 Å². The molecule has 0 saturated heterocycles. The highest BCUT2D eigenvalue weighted by Crippen LogP contribution is 2.56. The van der Waals surface area contributed by atoms with Crippen LogP contribution in [0.1, 0.15) is 117 Å². The van der Waals surface area contributed by atoms with Crippen LogP contribution in [-0.2, 0) is 14.3 Å². The van der Waals surface area contributed by atoms with E-state index < -0.39 is 11.4 Å². The van der Waals surface area contributed by atoms with Crippen molar-refractivity contribution >= 4 is 11.9 Å². The molecule has 158 valence electrons. The van der Waals surface area contributed by atoms with Crippen LogP contribution in [0.3, 0.4) is 0 Å². The van der Waals surface area contributed by atoms with E-state index in [1.165, 1.54) is 83.5 Å². The molecule has 4 nitrogen and oxygen atoms in total. The first kappa shape index (κ1) is 24.1. The summed E-state index contributed by atoms with van der Waals surface area (Å²) in [7, 11) is 0. The van der Waals surface area contributed by atoms with Crippen molar-refractivity contribution in [1.82, 2.24) is 0 Å². The Labute approximate surface area is 167 Å². The maximum atomic E-state index is 12.2. The van der Waals surface area contributed by atoms with Crippen LogP contribution in [0.4, 0.5) is 0 Å². The van der Waals surface area contributed by atoms with E-state index in [1.807, 2.05) is 0 Å². The van der Waals surface area contributed by atoms with Crippen LogP contribution in [0, 0.1) is 11.3 Å². The summed E-state index contributed by atoms with van der Waals surface area (Å²) in [5.74, 6) is -0.628. The fourth-order valence-corrected chi connectivity index (χ4v) is 4.10. The molecule has 1 rings (SSSR count). The molecular weight excluding hydrogens is 338 g/mol. The molecule has 1 aliphatic rings. The van der Waals surface area contributed by atoms with Crippen molar-refractivity contribution in [3.05, 3.63) is 0 Å². The lowest BCUT2D eigenvalue weighted by Gasteiger charge is -2.14. The van der Waals surface area contributed by atoms with E-state index in [0.717, 1.165) is 19.3 Å². The first-order valence-electron chi connectivity index (χ1n) is 11.5. The molecule has 0 bridgehead atoms. The summed E-state index contributed by atoms with van der Waals surface area (Å²) in [4.78, 5) is 23.4.